The zero-order valence-electron chi connectivity index (χ0n) is 22.5. The molecule has 0 saturated carbocycles. The van der Waals surface area contributed by atoms with Crippen molar-refractivity contribution in [2.75, 3.05) is 0 Å². The van der Waals surface area contributed by atoms with E-state index in [-0.39, 0.29) is 0 Å². The number of aryl methyl sites for hydroxylation is 2. The van der Waals surface area contributed by atoms with Gasteiger partial charge in [-0.1, -0.05) is 91.4 Å². The first-order valence-corrected chi connectivity index (χ1v) is 15.1. The molecule has 1 aliphatic rings. The van der Waals surface area contributed by atoms with E-state index in [1.54, 1.807) is 0 Å². The summed E-state index contributed by atoms with van der Waals surface area (Å²) in [5.74, 6) is 0. The molecule has 0 aromatic heterocycles. The van der Waals surface area contributed by atoms with Crippen LogP contribution in [0.25, 0.3) is 27.1 Å². The molecule has 0 nitrogen and oxygen atoms in total. The van der Waals surface area contributed by atoms with Crippen molar-refractivity contribution >= 4 is 30.3 Å². The van der Waals surface area contributed by atoms with Crippen molar-refractivity contribution in [3.63, 3.8) is 0 Å². The predicted octanol–water partition coefficient (Wildman–Crippen LogP) is 9.76. The SMILES string of the molecule is CCCc1ccc2c([cH-]c3cccc(CCC)c32)c1C1=CC=CC1.[Zr]=[C](c1ccccc1)c1ccccc1. The van der Waals surface area contributed by atoms with Gasteiger partial charge in [0.05, 0.1) is 0 Å². The van der Waals surface area contributed by atoms with Crippen LogP contribution < -0.4 is 0 Å². The van der Waals surface area contributed by atoms with Gasteiger partial charge in [0.15, 0.2) is 0 Å². The summed E-state index contributed by atoms with van der Waals surface area (Å²) in [4.78, 5) is 0. The van der Waals surface area contributed by atoms with Gasteiger partial charge in [0, 0.05) is 0 Å². The summed E-state index contributed by atoms with van der Waals surface area (Å²) < 4.78 is 1.42. The number of rotatable bonds is 7. The Kier molecular flexibility index (Phi) is 8.88. The van der Waals surface area contributed by atoms with Crippen LogP contribution in [-0.2, 0) is 37.1 Å². The molecule has 188 valence electrons. The second-order valence-electron chi connectivity index (χ2n) is 10.0. The number of hydrogen-bond donors (Lipinski definition) is 0. The fourth-order valence-electron chi connectivity index (χ4n) is 5.60. The third-order valence-corrected chi connectivity index (χ3v) is 8.76. The maximum absolute atomic E-state index is 2.43. The Hall–Kier alpha value is -3.02. The quantitative estimate of drug-likeness (QED) is 0.171. The molecule has 0 atom stereocenters. The van der Waals surface area contributed by atoms with Crippen molar-refractivity contribution in [3.05, 3.63) is 143 Å². The van der Waals surface area contributed by atoms with Crippen LogP contribution in [0.2, 0.25) is 0 Å². The number of hydrogen-bond acceptors (Lipinski definition) is 0. The van der Waals surface area contributed by atoms with E-state index in [1.807, 2.05) is 0 Å². The van der Waals surface area contributed by atoms with Crippen LogP contribution in [0.3, 0.4) is 0 Å². The molecule has 5 aromatic carbocycles. The summed E-state index contributed by atoms with van der Waals surface area (Å²) in [6, 6.07) is 35.1. The van der Waals surface area contributed by atoms with Gasteiger partial charge in [0.1, 0.15) is 0 Å². The van der Waals surface area contributed by atoms with Gasteiger partial charge in [-0.25, -0.2) is 0 Å². The summed E-state index contributed by atoms with van der Waals surface area (Å²) in [6.07, 6.45) is 12.6. The summed E-state index contributed by atoms with van der Waals surface area (Å²) in [5, 5.41) is 5.77. The molecular weight excluding hydrogens is 536 g/mol. The van der Waals surface area contributed by atoms with Crippen molar-refractivity contribution in [1.29, 1.82) is 0 Å². The van der Waals surface area contributed by atoms with Crippen molar-refractivity contribution in [1.82, 2.24) is 0 Å². The first-order chi connectivity index (χ1) is 18.7. The van der Waals surface area contributed by atoms with Crippen molar-refractivity contribution in [2.45, 2.75) is 46.0 Å². The summed E-state index contributed by atoms with van der Waals surface area (Å²) in [5.41, 5.74) is 8.65. The number of allylic oxidation sites excluding steroid dienone is 4. The minimum atomic E-state index is 1.07. The topological polar surface area (TPSA) is 0 Å². The zero-order chi connectivity index (χ0) is 26.3. The van der Waals surface area contributed by atoms with E-state index in [0.29, 0.717) is 0 Å². The van der Waals surface area contributed by atoms with Gasteiger partial charge in [-0.2, -0.15) is 0 Å². The predicted molar refractivity (Wildman–Crippen MR) is 163 cm³/mol. The standard InChI is InChI=1S/C24H25.C13H10.Zr/c1-3-8-17-12-7-13-20-16-22-21(24(17)20)15-14-18(9-4-2)23(22)19-10-5-6-11-19;1-3-7-12(8-4-1)11-13-9-5-2-6-10-13;/h5-7,10,12-16H,3-4,8-9,11H2,1-2H3;1-10H;/q-1;;. The van der Waals surface area contributed by atoms with Gasteiger partial charge in [-0.15, -0.1) is 33.7 Å². The van der Waals surface area contributed by atoms with Crippen molar-refractivity contribution in [2.24, 2.45) is 0 Å². The van der Waals surface area contributed by atoms with E-state index in [4.69, 9.17) is 0 Å². The summed E-state index contributed by atoms with van der Waals surface area (Å²) >= 11 is 1.46. The van der Waals surface area contributed by atoms with Crippen LogP contribution in [-0.4, -0.2) is 3.21 Å². The fraction of sp³-hybridized carbons (Fsp3) is 0.189. The normalized spacial score (nSPS) is 12.4. The first kappa shape index (κ1) is 26.6. The molecular formula is C37H35Zr-. The third-order valence-electron chi connectivity index (χ3n) is 7.34. The molecule has 5 aromatic rings. The Morgan fingerprint density at radius 1 is 0.737 bits per heavy atom. The third kappa shape index (κ3) is 5.69. The molecule has 0 unspecified atom stereocenters. The summed E-state index contributed by atoms with van der Waals surface area (Å²) in [7, 11) is 0. The van der Waals surface area contributed by atoms with Crippen molar-refractivity contribution in [3.8, 4) is 0 Å². The van der Waals surface area contributed by atoms with E-state index in [0.717, 1.165) is 19.3 Å². The molecule has 0 aliphatic heterocycles. The van der Waals surface area contributed by atoms with Crippen LogP contribution in [0.1, 0.15) is 60.9 Å². The minimum absolute atomic E-state index is 1.07. The molecule has 0 radical (unpaired) electrons. The summed E-state index contributed by atoms with van der Waals surface area (Å²) in [6.45, 7) is 4.54. The van der Waals surface area contributed by atoms with Crippen LogP contribution in [0.4, 0.5) is 0 Å². The molecule has 0 fully saturated rings. The van der Waals surface area contributed by atoms with Crippen LogP contribution in [0, 0.1) is 0 Å². The van der Waals surface area contributed by atoms with Gasteiger partial charge in [-0.05, 0) is 19.3 Å². The van der Waals surface area contributed by atoms with Crippen LogP contribution >= 0.6 is 0 Å². The van der Waals surface area contributed by atoms with Crippen LogP contribution in [0.15, 0.2) is 115 Å². The average Bonchev–Trinajstić information content (AvgIpc) is 3.63. The molecule has 0 bridgehead atoms. The number of fused-ring (bicyclic) bond motifs is 3. The maximum atomic E-state index is 2.43. The van der Waals surface area contributed by atoms with Crippen molar-refractivity contribution < 1.29 is 24.2 Å². The molecule has 1 heteroatoms. The van der Waals surface area contributed by atoms with Gasteiger partial charge in [0.25, 0.3) is 0 Å². The Morgan fingerprint density at radius 2 is 1.39 bits per heavy atom. The van der Waals surface area contributed by atoms with Gasteiger partial charge >= 0.3 is 99.2 Å². The molecule has 0 saturated heterocycles. The fourth-order valence-corrected chi connectivity index (χ4v) is 6.42. The molecule has 0 N–H and O–H groups in total. The van der Waals surface area contributed by atoms with E-state index < -0.39 is 0 Å². The Labute approximate surface area is 242 Å². The van der Waals surface area contributed by atoms with E-state index in [1.165, 1.54) is 95.2 Å². The van der Waals surface area contributed by atoms with E-state index in [2.05, 4.69) is 129 Å². The van der Waals surface area contributed by atoms with E-state index >= 15 is 0 Å². The zero-order valence-corrected chi connectivity index (χ0v) is 25.0. The van der Waals surface area contributed by atoms with E-state index in [9.17, 15) is 0 Å². The Bertz CT molecular complexity index is 1560. The van der Waals surface area contributed by atoms with Gasteiger partial charge in [0.2, 0.25) is 0 Å². The second-order valence-corrected chi connectivity index (χ2v) is 11.2. The molecule has 1 aliphatic carbocycles. The van der Waals surface area contributed by atoms with Gasteiger partial charge < -0.3 is 0 Å². The monoisotopic (exact) mass is 569 g/mol. The average molecular weight is 571 g/mol. The van der Waals surface area contributed by atoms with Crippen LogP contribution in [0.5, 0.6) is 0 Å². The van der Waals surface area contributed by atoms with Gasteiger partial charge in [-0.3, -0.25) is 0 Å². The Balaban J connectivity index is 0.000000179. The first-order valence-electron chi connectivity index (χ1n) is 13.9. The number of benzene rings is 4. The molecule has 0 spiro atoms. The second kappa shape index (κ2) is 12.7. The molecule has 38 heavy (non-hydrogen) atoms. The molecule has 6 rings (SSSR count). The molecule has 0 amide bonds. The Morgan fingerprint density at radius 3 is 2.00 bits per heavy atom. The molecule has 0 heterocycles.